The number of likely N-dealkylation sites (N-methyl/N-ethyl adjacent to an activating group) is 1. The van der Waals surface area contributed by atoms with Crippen LogP contribution in [-0.4, -0.2) is 51.1 Å². The van der Waals surface area contributed by atoms with E-state index >= 15 is 0 Å². The Hall–Kier alpha value is -3.00. The first-order chi connectivity index (χ1) is 13.0. The number of benzene rings is 1. The van der Waals surface area contributed by atoms with Gasteiger partial charge in [-0.2, -0.15) is 0 Å². The van der Waals surface area contributed by atoms with E-state index in [1.54, 1.807) is 18.2 Å². The summed E-state index contributed by atoms with van der Waals surface area (Å²) in [5.41, 5.74) is 0.998. The van der Waals surface area contributed by atoms with Gasteiger partial charge in [-0.25, -0.2) is 4.98 Å². The van der Waals surface area contributed by atoms with Crippen LogP contribution in [0.3, 0.4) is 0 Å². The third-order valence-electron chi connectivity index (χ3n) is 4.84. The number of aromatic nitrogens is 1. The molecule has 0 radical (unpaired) electrons. The number of carbonyl (C=O) groups is 1. The highest BCUT2D eigenvalue weighted by atomic mass is 16.6. The number of nitrogens with one attached hydrogen (secondary N) is 1. The zero-order valence-corrected chi connectivity index (χ0v) is 15.0. The second-order valence-corrected chi connectivity index (χ2v) is 6.61. The van der Waals surface area contributed by atoms with E-state index in [0.29, 0.717) is 23.6 Å². The summed E-state index contributed by atoms with van der Waals surface area (Å²) in [4.78, 5) is 28.2. The van der Waals surface area contributed by atoms with Crippen LogP contribution >= 0.6 is 0 Å². The van der Waals surface area contributed by atoms with Gasteiger partial charge < -0.3 is 10.4 Å². The van der Waals surface area contributed by atoms with Gasteiger partial charge in [0, 0.05) is 23.7 Å². The van der Waals surface area contributed by atoms with Crippen molar-refractivity contribution >= 4 is 17.5 Å². The molecule has 2 N–H and O–H groups in total. The Kier molecular flexibility index (Phi) is 5.66. The first-order valence-corrected chi connectivity index (χ1v) is 8.91. The molecule has 1 aromatic carbocycles. The maximum absolute atomic E-state index is 11.3. The molecule has 27 heavy (non-hydrogen) atoms. The largest absolute Gasteiger partial charge is 0.480 e. The molecule has 1 aromatic heterocycles. The molecule has 1 aliphatic carbocycles. The number of carboxylic acid groups (broad SMARTS) is 1. The van der Waals surface area contributed by atoms with E-state index in [0.717, 1.165) is 12.8 Å². The number of anilines is 1. The van der Waals surface area contributed by atoms with Crippen molar-refractivity contribution in [2.24, 2.45) is 0 Å². The minimum Gasteiger partial charge on any atom is -0.480 e. The average molecular weight is 370 g/mol. The quantitative estimate of drug-likeness (QED) is 0.543. The Morgan fingerprint density at radius 1 is 1.30 bits per heavy atom. The molecule has 8 nitrogen and oxygen atoms in total. The third-order valence-corrected chi connectivity index (χ3v) is 4.84. The molecular weight excluding hydrogens is 348 g/mol. The summed E-state index contributed by atoms with van der Waals surface area (Å²) in [5, 5.41) is 23.6. The Balaban J connectivity index is 1.70. The van der Waals surface area contributed by atoms with Crippen molar-refractivity contribution in [3.63, 3.8) is 0 Å². The Bertz CT molecular complexity index is 822. The molecule has 142 valence electrons. The van der Waals surface area contributed by atoms with Gasteiger partial charge >= 0.3 is 5.97 Å². The Labute approximate surface area is 157 Å². The number of rotatable bonds is 8. The lowest BCUT2D eigenvalue weighted by atomic mass is 9.85. The van der Waals surface area contributed by atoms with Crippen LogP contribution in [0.2, 0.25) is 0 Å². The van der Waals surface area contributed by atoms with Gasteiger partial charge in [-0.3, -0.25) is 19.8 Å². The van der Waals surface area contributed by atoms with E-state index in [-0.39, 0.29) is 24.3 Å². The summed E-state index contributed by atoms with van der Waals surface area (Å²) >= 11 is 0. The number of aliphatic carboxylic acids is 1. The summed E-state index contributed by atoms with van der Waals surface area (Å²) < 4.78 is 0. The fourth-order valence-corrected chi connectivity index (χ4v) is 3.37. The smallest absolute Gasteiger partial charge is 0.317 e. The average Bonchev–Trinajstić information content (AvgIpc) is 2.63. The van der Waals surface area contributed by atoms with Crippen molar-refractivity contribution in [3.8, 4) is 11.3 Å². The standard InChI is InChI=1S/C19H22N4O4/c1-2-22(12-18(24)25)15-10-14(11-15)20-17-9-8-16(23(26)27)19(21-17)13-6-4-3-5-7-13/h3-9,14-15H,2,10-12H2,1H3,(H,20,21)(H,24,25). The molecule has 0 amide bonds. The normalized spacial score (nSPS) is 18.7. The van der Waals surface area contributed by atoms with Crippen molar-refractivity contribution in [2.75, 3.05) is 18.4 Å². The monoisotopic (exact) mass is 370 g/mol. The van der Waals surface area contributed by atoms with Gasteiger partial charge in [-0.15, -0.1) is 0 Å². The van der Waals surface area contributed by atoms with Crippen molar-refractivity contribution in [1.82, 2.24) is 9.88 Å². The third kappa shape index (κ3) is 4.40. The Morgan fingerprint density at radius 2 is 2.00 bits per heavy atom. The van der Waals surface area contributed by atoms with E-state index in [1.165, 1.54) is 6.07 Å². The summed E-state index contributed by atoms with van der Waals surface area (Å²) in [5.74, 6) is -0.234. The molecule has 8 heteroatoms. The summed E-state index contributed by atoms with van der Waals surface area (Å²) in [6.07, 6.45) is 1.64. The maximum atomic E-state index is 11.3. The van der Waals surface area contributed by atoms with Crippen LogP contribution in [0.1, 0.15) is 19.8 Å². The van der Waals surface area contributed by atoms with Crippen molar-refractivity contribution in [2.45, 2.75) is 31.8 Å². The molecule has 0 saturated heterocycles. The van der Waals surface area contributed by atoms with E-state index < -0.39 is 10.9 Å². The highest BCUT2D eigenvalue weighted by Gasteiger charge is 2.34. The number of nitrogens with zero attached hydrogens (tertiary/aromatic N) is 3. The van der Waals surface area contributed by atoms with Crippen LogP contribution in [0.15, 0.2) is 42.5 Å². The maximum Gasteiger partial charge on any atom is 0.317 e. The van der Waals surface area contributed by atoms with Crippen LogP contribution in [0.25, 0.3) is 11.3 Å². The predicted molar refractivity (Wildman–Crippen MR) is 102 cm³/mol. The van der Waals surface area contributed by atoms with E-state index in [4.69, 9.17) is 5.11 Å². The lowest BCUT2D eigenvalue weighted by molar-refractivity contribution is -0.384. The second kappa shape index (κ2) is 8.13. The molecule has 0 unspecified atom stereocenters. The first-order valence-electron chi connectivity index (χ1n) is 8.91. The van der Waals surface area contributed by atoms with Gasteiger partial charge in [0.25, 0.3) is 5.69 Å². The highest BCUT2D eigenvalue weighted by molar-refractivity contribution is 5.71. The second-order valence-electron chi connectivity index (χ2n) is 6.61. The van der Waals surface area contributed by atoms with E-state index in [1.807, 2.05) is 30.0 Å². The SMILES string of the molecule is CCN(CC(=O)O)C1CC(Nc2ccc([N+](=O)[O-])c(-c3ccccc3)n2)C1. The minimum absolute atomic E-state index is 0.0307. The molecule has 1 fully saturated rings. The highest BCUT2D eigenvalue weighted by Crippen LogP contribution is 2.32. The summed E-state index contributed by atoms with van der Waals surface area (Å²) in [7, 11) is 0. The number of pyridine rings is 1. The van der Waals surface area contributed by atoms with Crippen molar-refractivity contribution in [3.05, 3.63) is 52.6 Å². The molecular formula is C19H22N4O4. The molecule has 1 aliphatic rings. The summed E-state index contributed by atoms with van der Waals surface area (Å²) in [6, 6.07) is 12.6. The van der Waals surface area contributed by atoms with Gasteiger partial charge in [-0.1, -0.05) is 37.3 Å². The topological polar surface area (TPSA) is 109 Å². The molecule has 0 spiro atoms. The molecule has 0 aliphatic heterocycles. The van der Waals surface area contributed by atoms with Gasteiger partial charge in [0.1, 0.15) is 5.82 Å². The van der Waals surface area contributed by atoms with Crippen LogP contribution in [-0.2, 0) is 4.79 Å². The van der Waals surface area contributed by atoms with Crippen LogP contribution in [0.5, 0.6) is 0 Å². The summed E-state index contributed by atoms with van der Waals surface area (Å²) in [6.45, 7) is 2.69. The van der Waals surface area contributed by atoms with Crippen LogP contribution in [0, 0.1) is 10.1 Å². The molecule has 2 aromatic rings. The fourth-order valence-electron chi connectivity index (χ4n) is 3.37. The van der Waals surface area contributed by atoms with Gasteiger partial charge in [0.2, 0.25) is 0 Å². The van der Waals surface area contributed by atoms with Gasteiger partial charge in [0.15, 0.2) is 5.69 Å². The number of hydrogen-bond acceptors (Lipinski definition) is 6. The van der Waals surface area contributed by atoms with E-state index in [2.05, 4.69) is 10.3 Å². The lowest BCUT2D eigenvalue weighted by Gasteiger charge is -2.42. The molecule has 0 atom stereocenters. The fraction of sp³-hybridized carbons (Fsp3) is 0.368. The zero-order valence-electron chi connectivity index (χ0n) is 15.0. The molecule has 1 saturated carbocycles. The minimum atomic E-state index is -0.821. The zero-order chi connectivity index (χ0) is 19.4. The Morgan fingerprint density at radius 3 is 2.59 bits per heavy atom. The first kappa shape index (κ1) is 18.8. The van der Waals surface area contributed by atoms with Crippen LogP contribution in [0.4, 0.5) is 11.5 Å². The molecule has 3 rings (SSSR count). The molecule has 1 heterocycles. The van der Waals surface area contributed by atoms with Crippen LogP contribution < -0.4 is 5.32 Å². The lowest BCUT2D eigenvalue weighted by Crippen LogP contribution is -2.51. The number of carboxylic acids is 1. The van der Waals surface area contributed by atoms with Gasteiger partial charge in [0.05, 0.1) is 11.5 Å². The van der Waals surface area contributed by atoms with Gasteiger partial charge in [-0.05, 0) is 25.5 Å². The van der Waals surface area contributed by atoms with E-state index in [9.17, 15) is 14.9 Å². The molecule has 0 bridgehead atoms. The van der Waals surface area contributed by atoms with Crippen molar-refractivity contribution < 1.29 is 14.8 Å². The number of nitro groups is 1. The van der Waals surface area contributed by atoms with Crippen molar-refractivity contribution in [1.29, 1.82) is 0 Å². The predicted octanol–water partition coefficient (Wildman–Crippen LogP) is 3.01. The number of hydrogen-bond donors (Lipinski definition) is 2.